The van der Waals surface area contributed by atoms with Crippen molar-refractivity contribution in [2.45, 2.75) is 6.61 Å². The van der Waals surface area contributed by atoms with Crippen molar-refractivity contribution in [1.29, 1.82) is 0 Å². The first kappa shape index (κ1) is 13.2. The van der Waals surface area contributed by atoms with E-state index in [9.17, 15) is 0 Å². The van der Waals surface area contributed by atoms with Gasteiger partial charge < -0.3 is 10.5 Å². The Morgan fingerprint density at radius 1 is 1.10 bits per heavy atom. The average Bonchev–Trinajstić information content (AvgIpc) is 2.94. The van der Waals surface area contributed by atoms with Gasteiger partial charge in [0.1, 0.15) is 12.4 Å². The number of ether oxygens (including phenoxy) is 1. The third-order valence-electron chi connectivity index (χ3n) is 3.29. The fourth-order valence-electron chi connectivity index (χ4n) is 2.14. The molecule has 106 valence electrons. The molecule has 2 aromatic carbocycles. The molecule has 0 unspecified atom stereocenters. The summed E-state index contributed by atoms with van der Waals surface area (Å²) in [6, 6.07) is 15.8. The molecule has 3 aromatic rings. The molecule has 0 amide bonds. The number of nitrogens with zero attached hydrogens (tertiary/aromatic N) is 2. The molecule has 3 rings (SSSR count). The van der Waals surface area contributed by atoms with E-state index >= 15 is 0 Å². The Morgan fingerprint density at radius 3 is 2.62 bits per heavy atom. The van der Waals surface area contributed by atoms with E-state index in [0.717, 1.165) is 16.7 Å². The number of nitrogens with two attached hydrogens (primary N) is 1. The molecule has 0 aliphatic rings. The Morgan fingerprint density at radius 2 is 1.90 bits per heavy atom. The van der Waals surface area contributed by atoms with Crippen LogP contribution in [0.2, 0.25) is 0 Å². The highest BCUT2D eigenvalue weighted by molar-refractivity contribution is 5.68. The number of aryl methyl sites for hydroxylation is 1. The summed E-state index contributed by atoms with van der Waals surface area (Å²) in [4.78, 5) is 0. The van der Waals surface area contributed by atoms with Crippen molar-refractivity contribution < 1.29 is 4.74 Å². The summed E-state index contributed by atoms with van der Waals surface area (Å²) in [5, 5.41) is 4.18. The second kappa shape index (κ2) is 5.71. The van der Waals surface area contributed by atoms with Gasteiger partial charge in [-0.3, -0.25) is 4.68 Å². The molecular formula is C17H17N3O. The maximum Gasteiger partial charge on any atom is 0.143 e. The quantitative estimate of drug-likeness (QED) is 0.746. The van der Waals surface area contributed by atoms with Crippen molar-refractivity contribution in [3.63, 3.8) is 0 Å². The highest BCUT2D eigenvalue weighted by atomic mass is 16.5. The highest BCUT2D eigenvalue weighted by Crippen LogP contribution is 2.29. The summed E-state index contributed by atoms with van der Waals surface area (Å²) >= 11 is 0. The fraction of sp³-hybridized carbons (Fsp3) is 0.118. The van der Waals surface area contributed by atoms with E-state index < -0.39 is 0 Å². The lowest BCUT2D eigenvalue weighted by molar-refractivity contribution is 0.308. The second-order valence-electron chi connectivity index (χ2n) is 4.93. The third-order valence-corrected chi connectivity index (χ3v) is 3.29. The number of aromatic nitrogens is 2. The first-order valence-corrected chi connectivity index (χ1v) is 6.77. The summed E-state index contributed by atoms with van der Waals surface area (Å²) in [6.07, 6.45) is 3.79. The van der Waals surface area contributed by atoms with Crippen LogP contribution in [0, 0.1) is 0 Å². The van der Waals surface area contributed by atoms with E-state index in [4.69, 9.17) is 10.5 Å². The van der Waals surface area contributed by atoms with E-state index in [1.807, 2.05) is 68.0 Å². The van der Waals surface area contributed by atoms with Crippen molar-refractivity contribution in [3.8, 4) is 16.9 Å². The highest BCUT2D eigenvalue weighted by Gasteiger charge is 2.06. The van der Waals surface area contributed by atoms with Gasteiger partial charge in [0.2, 0.25) is 0 Å². The summed E-state index contributed by atoms with van der Waals surface area (Å²) < 4.78 is 7.61. The molecule has 4 nitrogen and oxygen atoms in total. The molecule has 2 N–H and O–H groups in total. The molecule has 0 bridgehead atoms. The van der Waals surface area contributed by atoms with Crippen LogP contribution in [-0.4, -0.2) is 9.78 Å². The van der Waals surface area contributed by atoms with Gasteiger partial charge in [-0.2, -0.15) is 5.10 Å². The molecule has 21 heavy (non-hydrogen) atoms. The SMILES string of the molecule is Cn1cc(-c2ccc(N)c(OCc3ccccc3)c2)cn1. The molecule has 0 fully saturated rings. The van der Waals surface area contributed by atoms with Crippen molar-refractivity contribution in [3.05, 3.63) is 66.5 Å². The van der Waals surface area contributed by atoms with E-state index in [1.165, 1.54) is 0 Å². The minimum atomic E-state index is 0.502. The van der Waals surface area contributed by atoms with Gasteiger partial charge in [0.25, 0.3) is 0 Å². The summed E-state index contributed by atoms with van der Waals surface area (Å²) in [5.74, 6) is 0.695. The molecule has 0 saturated heterocycles. The second-order valence-corrected chi connectivity index (χ2v) is 4.93. The largest absolute Gasteiger partial charge is 0.487 e. The van der Waals surface area contributed by atoms with Crippen molar-refractivity contribution in [1.82, 2.24) is 9.78 Å². The van der Waals surface area contributed by atoms with Crippen LogP contribution in [0.15, 0.2) is 60.9 Å². The van der Waals surface area contributed by atoms with Gasteiger partial charge in [0, 0.05) is 18.8 Å². The summed E-state index contributed by atoms with van der Waals surface area (Å²) in [5.41, 5.74) is 9.83. The van der Waals surface area contributed by atoms with Crippen LogP contribution in [-0.2, 0) is 13.7 Å². The number of nitrogen functional groups attached to an aromatic ring is 1. The Bertz CT molecular complexity index is 735. The predicted octanol–water partition coefficient (Wildman–Crippen LogP) is 3.25. The van der Waals surface area contributed by atoms with Gasteiger partial charge in [-0.05, 0) is 23.3 Å². The molecule has 4 heteroatoms. The van der Waals surface area contributed by atoms with E-state index in [1.54, 1.807) is 4.68 Å². The van der Waals surface area contributed by atoms with Gasteiger partial charge in [0.05, 0.1) is 11.9 Å². The smallest absolute Gasteiger partial charge is 0.143 e. The number of anilines is 1. The zero-order valence-corrected chi connectivity index (χ0v) is 11.9. The predicted molar refractivity (Wildman–Crippen MR) is 83.8 cm³/mol. The van der Waals surface area contributed by atoms with E-state index in [0.29, 0.717) is 18.0 Å². The minimum absolute atomic E-state index is 0.502. The normalized spacial score (nSPS) is 10.5. The Hall–Kier alpha value is -2.75. The van der Waals surface area contributed by atoms with Gasteiger partial charge in [0.15, 0.2) is 0 Å². The Labute approximate surface area is 123 Å². The minimum Gasteiger partial charge on any atom is -0.487 e. The number of benzene rings is 2. The van der Waals surface area contributed by atoms with Crippen molar-refractivity contribution in [2.24, 2.45) is 7.05 Å². The zero-order valence-electron chi connectivity index (χ0n) is 11.9. The third kappa shape index (κ3) is 3.05. The number of hydrogen-bond donors (Lipinski definition) is 1. The fourth-order valence-corrected chi connectivity index (χ4v) is 2.14. The van der Waals surface area contributed by atoms with Crippen LogP contribution in [0.5, 0.6) is 5.75 Å². The molecule has 0 aliphatic heterocycles. The van der Waals surface area contributed by atoms with Crippen LogP contribution in [0.1, 0.15) is 5.56 Å². The molecule has 0 atom stereocenters. The topological polar surface area (TPSA) is 53.1 Å². The maximum atomic E-state index is 5.99. The van der Waals surface area contributed by atoms with Gasteiger partial charge >= 0.3 is 0 Å². The lowest BCUT2D eigenvalue weighted by Gasteiger charge is -2.10. The van der Waals surface area contributed by atoms with Gasteiger partial charge in [-0.15, -0.1) is 0 Å². The number of rotatable bonds is 4. The Balaban J connectivity index is 1.81. The van der Waals surface area contributed by atoms with Crippen molar-refractivity contribution >= 4 is 5.69 Å². The van der Waals surface area contributed by atoms with Crippen LogP contribution in [0.4, 0.5) is 5.69 Å². The average molecular weight is 279 g/mol. The Kier molecular flexibility index (Phi) is 3.60. The molecule has 1 heterocycles. The molecule has 0 spiro atoms. The molecule has 0 radical (unpaired) electrons. The first-order chi connectivity index (χ1) is 10.2. The molecule has 0 saturated carbocycles. The van der Waals surface area contributed by atoms with Crippen LogP contribution < -0.4 is 10.5 Å². The van der Waals surface area contributed by atoms with Gasteiger partial charge in [-0.1, -0.05) is 36.4 Å². The molecule has 1 aromatic heterocycles. The number of hydrogen-bond acceptors (Lipinski definition) is 3. The van der Waals surface area contributed by atoms with Gasteiger partial charge in [-0.25, -0.2) is 0 Å². The summed E-state index contributed by atoms with van der Waals surface area (Å²) in [7, 11) is 1.90. The van der Waals surface area contributed by atoms with E-state index in [-0.39, 0.29) is 0 Å². The molecular weight excluding hydrogens is 262 g/mol. The van der Waals surface area contributed by atoms with Crippen molar-refractivity contribution in [2.75, 3.05) is 5.73 Å². The standard InChI is InChI=1S/C17H17N3O/c1-20-11-15(10-19-20)14-7-8-16(18)17(9-14)21-12-13-5-3-2-4-6-13/h2-11H,12,18H2,1H3. The van der Waals surface area contributed by atoms with E-state index in [2.05, 4.69) is 5.10 Å². The van der Waals surface area contributed by atoms with Crippen LogP contribution in [0.25, 0.3) is 11.1 Å². The first-order valence-electron chi connectivity index (χ1n) is 6.77. The molecule has 0 aliphatic carbocycles. The lowest BCUT2D eigenvalue weighted by atomic mass is 10.1. The van der Waals surface area contributed by atoms with Crippen LogP contribution >= 0.6 is 0 Å². The maximum absolute atomic E-state index is 5.99. The zero-order chi connectivity index (χ0) is 14.7. The monoisotopic (exact) mass is 279 g/mol. The lowest BCUT2D eigenvalue weighted by Crippen LogP contribution is -1.98. The summed E-state index contributed by atoms with van der Waals surface area (Å²) in [6.45, 7) is 0.502. The van der Waals surface area contributed by atoms with Crippen LogP contribution in [0.3, 0.4) is 0 Å².